The highest BCUT2D eigenvalue weighted by molar-refractivity contribution is 7.19. The fourth-order valence-corrected chi connectivity index (χ4v) is 2.75. The van der Waals surface area contributed by atoms with Crippen LogP contribution in [0.4, 0.5) is 0 Å². The summed E-state index contributed by atoms with van der Waals surface area (Å²) in [5.74, 6) is 0. The number of rotatable bonds is 2. The van der Waals surface area contributed by atoms with E-state index in [1.54, 1.807) is 11.3 Å². The molecule has 72 valence electrons. The summed E-state index contributed by atoms with van der Waals surface area (Å²) in [6.07, 6.45) is 2.00. The monoisotopic (exact) mass is 204 g/mol. The lowest BCUT2D eigenvalue weighted by atomic mass is 10.1. The zero-order chi connectivity index (χ0) is 10.1. The summed E-state index contributed by atoms with van der Waals surface area (Å²) in [6, 6.07) is 6.34. The van der Waals surface area contributed by atoms with Gasteiger partial charge in [-0.05, 0) is 25.0 Å². The Hall–Kier alpha value is -1.15. The number of aldehydes is 1. The standard InChI is InChI=1S/C12H12OS/c1-3-9-4-5-10-11(7-13)8(2)14-12(10)6-9/h4-7H,3H2,1-2H3. The molecule has 0 amide bonds. The average molecular weight is 204 g/mol. The molecule has 14 heavy (non-hydrogen) atoms. The van der Waals surface area contributed by atoms with Gasteiger partial charge in [-0.25, -0.2) is 0 Å². The van der Waals surface area contributed by atoms with Gasteiger partial charge in [-0.15, -0.1) is 11.3 Å². The summed E-state index contributed by atoms with van der Waals surface area (Å²) >= 11 is 1.70. The number of benzene rings is 1. The quantitative estimate of drug-likeness (QED) is 0.683. The van der Waals surface area contributed by atoms with Crippen molar-refractivity contribution in [2.45, 2.75) is 20.3 Å². The summed E-state index contributed by atoms with van der Waals surface area (Å²) in [7, 11) is 0. The van der Waals surface area contributed by atoms with Gasteiger partial charge in [0.2, 0.25) is 0 Å². The molecule has 1 heterocycles. The van der Waals surface area contributed by atoms with Gasteiger partial charge in [0, 0.05) is 20.5 Å². The van der Waals surface area contributed by atoms with Crippen LogP contribution in [-0.2, 0) is 6.42 Å². The van der Waals surface area contributed by atoms with Crippen LogP contribution in [0.3, 0.4) is 0 Å². The minimum absolute atomic E-state index is 0.854. The van der Waals surface area contributed by atoms with Gasteiger partial charge in [0.05, 0.1) is 0 Å². The number of hydrogen-bond donors (Lipinski definition) is 0. The molecule has 0 N–H and O–H groups in total. The number of hydrogen-bond acceptors (Lipinski definition) is 2. The van der Waals surface area contributed by atoms with Crippen molar-refractivity contribution in [3.8, 4) is 0 Å². The van der Waals surface area contributed by atoms with E-state index in [0.29, 0.717) is 0 Å². The summed E-state index contributed by atoms with van der Waals surface area (Å²) in [4.78, 5) is 12.0. The molecule has 0 spiro atoms. The molecule has 0 atom stereocenters. The molecule has 2 aromatic rings. The minimum atomic E-state index is 0.854. The molecular weight excluding hydrogens is 192 g/mol. The summed E-state index contributed by atoms with van der Waals surface area (Å²) in [5, 5.41) is 1.10. The smallest absolute Gasteiger partial charge is 0.151 e. The number of aryl methyl sites for hydroxylation is 2. The van der Waals surface area contributed by atoms with Crippen molar-refractivity contribution in [2.75, 3.05) is 0 Å². The summed E-state index contributed by atoms with van der Waals surface area (Å²) < 4.78 is 1.23. The second kappa shape index (κ2) is 3.54. The Morgan fingerprint density at radius 1 is 1.43 bits per heavy atom. The molecule has 0 saturated heterocycles. The molecule has 0 aliphatic heterocycles. The van der Waals surface area contributed by atoms with Gasteiger partial charge in [0.1, 0.15) is 0 Å². The molecule has 1 nitrogen and oxygen atoms in total. The molecule has 2 heteroatoms. The molecule has 1 aromatic carbocycles. The van der Waals surface area contributed by atoms with Crippen LogP contribution in [0.5, 0.6) is 0 Å². The van der Waals surface area contributed by atoms with E-state index in [2.05, 4.69) is 25.1 Å². The highest BCUT2D eigenvalue weighted by Crippen LogP contribution is 2.30. The van der Waals surface area contributed by atoms with Gasteiger partial charge in [0.15, 0.2) is 6.29 Å². The lowest BCUT2D eigenvalue weighted by Gasteiger charge is -1.95. The van der Waals surface area contributed by atoms with Crippen LogP contribution in [0.15, 0.2) is 18.2 Å². The Balaban J connectivity index is 2.74. The first kappa shape index (κ1) is 9.41. The van der Waals surface area contributed by atoms with Crippen LogP contribution in [-0.4, -0.2) is 6.29 Å². The van der Waals surface area contributed by atoms with Crippen molar-refractivity contribution < 1.29 is 4.79 Å². The normalized spacial score (nSPS) is 10.7. The minimum Gasteiger partial charge on any atom is -0.298 e. The first-order valence-electron chi connectivity index (χ1n) is 4.73. The van der Waals surface area contributed by atoms with Crippen molar-refractivity contribution in [2.24, 2.45) is 0 Å². The SMILES string of the molecule is CCc1ccc2c(C=O)c(C)sc2c1. The lowest BCUT2D eigenvalue weighted by molar-refractivity contribution is 0.112. The number of fused-ring (bicyclic) bond motifs is 1. The highest BCUT2D eigenvalue weighted by atomic mass is 32.1. The number of carbonyl (C=O) groups is 1. The van der Waals surface area contributed by atoms with E-state index in [1.807, 2.05) is 6.92 Å². The Morgan fingerprint density at radius 2 is 2.21 bits per heavy atom. The molecule has 0 unspecified atom stereocenters. The van der Waals surface area contributed by atoms with E-state index in [-0.39, 0.29) is 0 Å². The van der Waals surface area contributed by atoms with Crippen molar-refractivity contribution in [3.05, 3.63) is 34.2 Å². The fourth-order valence-electron chi connectivity index (χ4n) is 1.65. The third kappa shape index (κ3) is 1.36. The summed E-state index contributed by atoms with van der Waals surface area (Å²) in [6.45, 7) is 4.14. The molecule has 0 aliphatic rings. The zero-order valence-electron chi connectivity index (χ0n) is 8.33. The van der Waals surface area contributed by atoms with Crippen molar-refractivity contribution in [1.82, 2.24) is 0 Å². The molecule has 1 aromatic heterocycles. The predicted octanol–water partition coefficient (Wildman–Crippen LogP) is 3.58. The van der Waals surface area contributed by atoms with Crippen LogP contribution in [0, 0.1) is 6.92 Å². The first-order chi connectivity index (χ1) is 6.76. The second-order valence-corrected chi connectivity index (χ2v) is 4.63. The van der Waals surface area contributed by atoms with Crippen LogP contribution in [0.2, 0.25) is 0 Å². The Bertz CT molecular complexity index is 482. The maximum Gasteiger partial charge on any atom is 0.151 e. The van der Waals surface area contributed by atoms with Gasteiger partial charge in [-0.3, -0.25) is 4.79 Å². The Labute approximate surface area is 87.4 Å². The molecule has 0 bridgehead atoms. The molecular formula is C12H12OS. The molecule has 0 radical (unpaired) electrons. The van der Waals surface area contributed by atoms with Gasteiger partial charge in [0.25, 0.3) is 0 Å². The highest BCUT2D eigenvalue weighted by Gasteiger charge is 2.07. The number of carbonyl (C=O) groups excluding carboxylic acids is 1. The summed E-state index contributed by atoms with van der Waals surface area (Å²) in [5.41, 5.74) is 2.18. The Morgan fingerprint density at radius 3 is 2.86 bits per heavy atom. The zero-order valence-corrected chi connectivity index (χ0v) is 9.15. The third-order valence-electron chi connectivity index (χ3n) is 2.50. The van der Waals surface area contributed by atoms with Gasteiger partial charge >= 0.3 is 0 Å². The number of thiophene rings is 1. The maximum absolute atomic E-state index is 10.9. The second-order valence-electron chi connectivity index (χ2n) is 3.37. The lowest BCUT2D eigenvalue weighted by Crippen LogP contribution is -1.80. The van der Waals surface area contributed by atoms with E-state index in [4.69, 9.17) is 0 Å². The topological polar surface area (TPSA) is 17.1 Å². The van der Waals surface area contributed by atoms with Gasteiger partial charge < -0.3 is 0 Å². The van der Waals surface area contributed by atoms with Crippen LogP contribution < -0.4 is 0 Å². The molecule has 0 fully saturated rings. The van der Waals surface area contributed by atoms with Crippen LogP contribution in [0.25, 0.3) is 10.1 Å². The van der Waals surface area contributed by atoms with Crippen molar-refractivity contribution in [1.29, 1.82) is 0 Å². The van der Waals surface area contributed by atoms with E-state index >= 15 is 0 Å². The van der Waals surface area contributed by atoms with E-state index in [0.717, 1.165) is 28.5 Å². The largest absolute Gasteiger partial charge is 0.298 e. The predicted molar refractivity (Wildman–Crippen MR) is 61.3 cm³/mol. The Kier molecular flexibility index (Phi) is 2.38. The van der Waals surface area contributed by atoms with Crippen LogP contribution in [0.1, 0.15) is 27.7 Å². The third-order valence-corrected chi connectivity index (χ3v) is 3.59. The van der Waals surface area contributed by atoms with E-state index in [9.17, 15) is 4.79 Å². The fraction of sp³-hybridized carbons (Fsp3) is 0.250. The first-order valence-corrected chi connectivity index (χ1v) is 5.55. The van der Waals surface area contributed by atoms with E-state index in [1.165, 1.54) is 10.3 Å². The van der Waals surface area contributed by atoms with Gasteiger partial charge in [-0.2, -0.15) is 0 Å². The van der Waals surface area contributed by atoms with Gasteiger partial charge in [-0.1, -0.05) is 19.1 Å². The molecule has 0 saturated carbocycles. The van der Waals surface area contributed by atoms with Crippen molar-refractivity contribution >= 4 is 27.7 Å². The maximum atomic E-state index is 10.9. The molecule has 0 aliphatic carbocycles. The van der Waals surface area contributed by atoms with E-state index < -0.39 is 0 Å². The van der Waals surface area contributed by atoms with Crippen molar-refractivity contribution in [3.63, 3.8) is 0 Å². The molecule has 2 rings (SSSR count). The average Bonchev–Trinajstić information content (AvgIpc) is 2.51. The van der Waals surface area contributed by atoms with Crippen LogP contribution >= 0.6 is 11.3 Å².